The molecule has 1 heterocycles. The third-order valence-corrected chi connectivity index (χ3v) is 3.78. The van der Waals surface area contributed by atoms with E-state index in [0.29, 0.717) is 0 Å². The molecule has 16 heavy (non-hydrogen) atoms. The molecular formula is C15H23N. The van der Waals surface area contributed by atoms with Crippen LogP contribution < -0.4 is 5.32 Å². The molecule has 0 aromatic heterocycles. The van der Waals surface area contributed by atoms with E-state index < -0.39 is 0 Å². The zero-order valence-electron chi connectivity index (χ0n) is 10.3. The van der Waals surface area contributed by atoms with E-state index in [1.165, 1.54) is 50.8 Å². The standard InChI is InChI=1S/C15H23N/c1-13-5-2-3-7-15(13)9-8-14-6-4-11-16-12-10-14/h2-3,5,7,14,16H,4,6,8-12H2,1H3. The summed E-state index contributed by atoms with van der Waals surface area (Å²) in [5.74, 6) is 0.939. The number of hydrogen-bond acceptors (Lipinski definition) is 1. The van der Waals surface area contributed by atoms with Gasteiger partial charge in [-0.25, -0.2) is 0 Å². The lowest BCUT2D eigenvalue weighted by atomic mass is 9.92. The largest absolute Gasteiger partial charge is 0.317 e. The van der Waals surface area contributed by atoms with Gasteiger partial charge in [0.1, 0.15) is 0 Å². The van der Waals surface area contributed by atoms with E-state index in [4.69, 9.17) is 0 Å². The molecule has 1 heteroatoms. The molecule has 1 unspecified atom stereocenters. The molecule has 88 valence electrons. The highest BCUT2D eigenvalue weighted by atomic mass is 14.8. The molecule has 1 saturated heterocycles. The number of aryl methyl sites for hydroxylation is 2. The minimum atomic E-state index is 0.939. The van der Waals surface area contributed by atoms with Crippen molar-refractivity contribution in [1.82, 2.24) is 5.32 Å². The summed E-state index contributed by atoms with van der Waals surface area (Å²) in [6.45, 7) is 4.67. The van der Waals surface area contributed by atoms with E-state index >= 15 is 0 Å². The molecule has 0 radical (unpaired) electrons. The highest BCUT2D eigenvalue weighted by Gasteiger charge is 2.11. The van der Waals surface area contributed by atoms with Crippen LogP contribution in [0.25, 0.3) is 0 Å². The van der Waals surface area contributed by atoms with Crippen molar-refractivity contribution in [3.05, 3.63) is 35.4 Å². The third kappa shape index (κ3) is 3.34. The molecule has 0 spiro atoms. The molecule has 1 aromatic carbocycles. The van der Waals surface area contributed by atoms with Gasteiger partial charge in [-0.15, -0.1) is 0 Å². The molecule has 0 bridgehead atoms. The van der Waals surface area contributed by atoms with Gasteiger partial charge in [0.2, 0.25) is 0 Å². The van der Waals surface area contributed by atoms with Gasteiger partial charge in [-0.1, -0.05) is 24.3 Å². The summed E-state index contributed by atoms with van der Waals surface area (Å²) in [4.78, 5) is 0. The van der Waals surface area contributed by atoms with Crippen LogP contribution in [0.5, 0.6) is 0 Å². The first-order valence-corrected chi connectivity index (χ1v) is 6.61. The lowest BCUT2D eigenvalue weighted by Crippen LogP contribution is -2.14. The zero-order chi connectivity index (χ0) is 11.2. The first-order chi connectivity index (χ1) is 7.86. The van der Waals surface area contributed by atoms with Crippen molar-refractivity contribution in [2.45, 2.75) is 39.0 Å². The van der Waals surface area contributed by atoms with Crippen molar-refractivity contribution in [2.75, 3.05) is 13.1 Å². The average molecular weight is 217 g/mol. The Morgan fingerprint density at radius 1 is 1.19 bits per heavy atom. The molecule has 2 rings (SSSR count). The molecule has 1 fully saturated rings. The molecule has 0 amide bonds. The molecule has 1 aliphatic rings. The highest BCUT2D eigenvalue weighted by Crippen LogP contribution is 2.21. The van der Waals surface area contributed by atoms with Gasteiger partial charge in [0.15, 0.2) is 0 Å². The van der Waals surface area contributed by atoms with Crippen LogP contribution in [-0.2, 0) is 6.42 Å². The smallest absolute Gasteiger partial charge is 0.00463 e. The Kier molecular flexibility index (Phi) is 4.41. The van der Waals surface area contributed by atoms with Crippen LogP contribution in [-0.4, -0.2) is 13.1 Å². The summed E-state index contributed by atoms with van der Waals surface area (Å²) in [6, 6.07) is 8.81. The molecule has 1 N–H and O–H groups in total. The van der Waals surface area contributed by atoms with E-state index in [1.807, 2.05) is 0 Å². The highest BCUT2D eigenvalue weighted by molar-refractivity contribution is 5.25. The van der Waals surface area contributed by atoms with E-state index in [1.54, 1.807) is 5.56 Å². The summed E-state index contributed by atoms with van der Waals surface area (Å²) in [7, 11) is 0. The van der Waals surface area contributed by atoms with Crippen molar-refractivity contribution in [1.29, 1.82) is 0 Å². The summed E-state index contributed by atoms with van der Waals surface area (Å²) < 4.78 is 0. The lowest BCUT2D eigenvalue weighted by Gasteiger charge is -2.14. The zero-order valence-corrected chi connectivity index (χ0v) is 10.3. The van der Waals surface area contributed by atoms with E-state index in [-0.39, 0.29) is 0 Å². The SMILES string of the molecule is Cc1ccccc1CCC1CCCNCC1. The fourth-order valence-electron chi connectivity index (χ4n) is 2.63. The fraction of sp³-hybridized carbons (Fsp3) is 0.600. The van der Waals surface area contributed by atoms with Gasteiger partial charge in [0, 0.05) is 0 Å². The van der Waals surface area contributed by atoms with Crippen LogP contribution in [0.1, 0.15) is 36.8 Å². The Bertz CT molecular complexity index is 311. The van der Waals surface area contributed by atoms with Crippen molar-refractivity contribution < 1.29 is 0 Å². The molecular weight excluding hydrogens is 194 g/mol. The molecule has 1 aliphatic heterocycles. The molecule has 1 aromatic rings. The van der Waals surface area contributed by atoms with Gasteiger partial charge >= 0.3 is 0 Å². The van der Waals surface area contributed by atoms with Crippen LogP contribution >= 0.6 is 0 Å². The summed E-state index contributed by atoms with van der Waals surface area (Å²) in [5, 5.41) is 3.49. The maximum atomic E-state index is 3.49. The van der Waals surface area contributed by atoms with Gasteiger partial charge in [-0.2, -0.15) is 0 Å². The van der Waals surface area contributed by atoms with Crippen LogP contribution in [0.4, 0.5) is 0 Å². The van der Waals surface area contributed by atoms with Crippen molar-refractivity contribution in [2.24, 2.45) is 5.92 Å². The second-order valence-electron chi connectivity index (χ2n) is 5.01. The molecule has 0 aliphatic carbocycles. The van der Waals surface area contributed by atoms with Crippen molar-refractivity contribution in [3.8, 4) is 0 Å². The number of nitrogens with one attached hydrogen (secondary N) is 1. The Labute approximate surface area is 99.3 Å². The first-order valence-electron chi connectivity index (χ1n) is 6.61. The van der Waals surface area contributed by atoms with E-state index in [9.17, 15) is 0 Å². The Balaban J connectivity index is 1.84. The third-order valence-electron chi connectivity index (χ3n) is 3.78. The number of hydrogen-bond donors (Lipinski definition) is 1. The quantitative estimate of drug-likeness (QED) is 0.819. The Morgan fingerprint density at radius 2 is 2.06 bits per heavy atom. The van der Waals surface area contributed by atoms with Gasteiger partial charge in [-0.3, -0.25) is 0 Å². The summed E-state index contributed by atoms with van der Waals surface area (Å²) >= 11 is 0. The van der Waals surface area contributed by atoms with E-state index in [0.717, 1.165) is 5.92 Å². The Hall–Kier alpha value is -0.820. The van der Waals surface area contributed by atoms with Crippen LogP contribution in [0.2, 0.25) is 0 Å². The summed E-state index contributed by atoms with van der Waals surface area (Å²) in [5.41, 5.74) is 2.99. The van der Waals surface area contributed by atoms with Crippen LogP contribution in [0.3, 0.4) is 0 Å². The van der Waals surface area contributed by atoms with E-state index in [2.05, 4.69) is 36.5 Å². The summed E-state index contributed by atoms with van der Waals surface area (Å²) in [6.07, 6.45) is 6.77. The van der Waals surface area contributed by atoms with Gasteiger partial charge in [-0.05, 0) is 69.2 Å². The average Bonchev–Trinajstić information content (AvgIpc) is 2.56. The topological polar surface area (TPSA) is 12.0 Å². The predicted octanol–water partition coefficient (Wildman–Crippen LogP) is 3.32. The maximum Gasteiger partial charge on any atom is -0.00463 e. The first kappa shape index (κ1) is 11.7. The fourth-order valence-corrected chi connectivity index (χ4v) is 2.63. The van der Waals surface area contributed by atoms with Gasteiger partial charge < -0.3 is 5.32 Å². The predicted molar refractivity (Wildman–Crippen MR) is 69.7 cm³/mol. The Morgan fingerprint density at radius 3 is 2.94 bits per heavy atom. The van der Waals surface area contributed by atoms with Gasteiger partial charge in [0.05, 0.1) is 0 Å². The molecule has 0 saturated carbocycles. The minimum absolute atomic E-state index is 0.939. The monoisotopic (exact) mass is 217 g/mol. The molecule has 1 atom stereocenters. The van der Waals surface area contributed by atoms with Crippen molar-refractivity contribution >= 4 is 0 Å². The lowest BCUT2D eigenvalue weighted by molar-refractivity contribution is 0.438. The number of rotatable bonds is 3. The normalized spacial score (nSPS) is 21.7. The van der Waals surface area contributed by atoms with Crippen molar-refractivity contribution in [3.63, 3.8) is 0 Å². The second-order valence-corrected chi connectivity index (χ2v) is 5.01. The van der Waals surface area contributed by atoms with Crippen LogP contribution in [0, 0.1) is 12.8 Å². The molecule has 1 nitrogen and oxygen atoms in total. The maximum absolute atomic E-state index is 3.49. The van der Waals surface area contributed by atoms with Gasteiger partial charge in [0.25, 0.3) is 0 Å². The van der Waals surface area contributed by atoms with Crippen LogP contribution in [0.15, 0.2) is 24.3 Å². The minimum Gasteiger partial charge on any atom is -0.317 e. The number of benzene rings is 1. The second kappa shape index (κ2) is 6.05.